The van der Waals surface area contributed by atoms with Crippen molar-refractivity contribution in [3.63, 3.8) is 0 Å². The summed E-state index contributed by atoms with van der Waals surface area (Å²) in [6.45, 7) is 1.96. The summed E-state index contributed by atoms with van der Waals surface area (Å²) in [4.78, 5) is 26.4. The Balaban J connectivity index is 1.63. The molecule has 1 fully saturated rings. The van der Waals surface area contributed by atoms with Gasteiger partial charge in [0.25, 0.3) is 0 Å². The first-order valence-electron chi connectivity index (χ1n) is 8.29. The molecule has 0 heterocycles. The van der Waals surface area contributed by atoms with Crippen LogP contribution in [0.4, 0.5) is 10.1 Å². The fourth-order valence-electron chi connectivity index (χ4n) is 3.01. The Morgan fingerprint density at radius 1 is 1.08 bits per heavy atom. The number of carbonyl (C=O) groups is 2. The van der Waals surface area contributed by atoms with Gasteiger partial charge in [0.2, 0.25) is 11.8 Å². The lowest BCUT2D eigenvalue weighted by molar-refractivity contribution is -0.135. The van der Waals surface area contributed by atoms with Crippen molar-refractivity contribution >= 4 is 17.5 Å². The van der Waals surface area contributed by atoms with Crippen molar-refractivity contribution in [2.45, 2.75) is 25.2 Å². The molecule has 2 aromatic rings. The van der Waals surface area contributed by atoms with Crippen molar-refractivity contribution in [1.82, 2.24) is 4.90 Å². The number of likely N-dealkylation sites (N-methyl/N-ethyl adjacent to an activating group) is 1. The van der Waals surface area contributed by atoms with Gasteiger partial charge in [-0.25, -0.2) is 4.39 Å². The molecule has 1 aliphatic carbocycles. The highest BCUT2D eigenvalue weighted by atomic mass is 19.1. The molecule has 0 aromatic heterocycles. The van der Waals surface area contributed by atoms with E-state index in [1.807, 2.05) is 31.2 Å². The van der Waals surface area contributed by atoms with E-state index in [9.17, 15) is 14.0 Å². The third kappa shape index (κ3) is 3.71. The maximum absolute atomic E-state index is 13.1. The van der Waals surface area contributed by atoms with E-state index >= 15 is 0 Å². The number of aryl methyl sites for hydroxylation is 1. The quantitative estimate of drug-likeness (QED) is 0.908. The van der Waals surface area contributed by atoms with E-state index in [4.69, 9.17) is 0 Å². The number of hydrogen-bond donors (Lipinski definition) is 1. The molecule has 0 atom stereocenters. The van der Waals surface area contributed by atoms with Crippen molar-refractivity contribution in [2.75, 3.05) is 18.9 Å². The normalized spacial score (nSPS) is 14.7. The number of amides is 2. The number of anilines is 1. The lowest BCUT2D eigenvalue weighted by Crippen LogP contribution is -2.41. The van der Waals surface area contributed by atoms with Crippen LogP contribution in [0, 0.1) is 12.7 Å². The van der Waals surface area contributed by atoms with Crippen molar-refractivity contribution in [3.8, 4) is 0 Å². The van der Waals surface area contributed by atoms with Gasteiger partial charge in [-0.15, -0.1) is 0 Å². The molecule has 2 aromatic carbocycles. The van der Waals surface area contributed by atoms with Gasteiger partial charge in [0.15, 0.2) is 0 Å². The lowest BCUT2D eigenvalue weighted by atomic mass is 9.94. The number of benzene rings is 2. The number of hydrogen-bond acceptors (Lipinski definition) is 2. The summed E-state index contributed by atoms with van der Waals surface area (Å²) < 4.78 is 13.1. The monoisotopic (exact) mass is 340 g/mol. The van der Waals surface area contributed by atoms with Crippen LogP contribution in [0.15, 0.2) is 48.5 Å². The first kappa shape index (κ1) is 17.1. The summed E-state index contributed by atoms with van der Waals surface area (Å²) in [5.74, 6) is -0.661. The van der Waals surface area contributed by atoms with Crippen LogP contribution in [0.1, 0.15) is 24.0 Å². The second-order valence-electron chi connectivity index (χ2n) is 6.66. The van der Waals surface area contributed by atoms with E-state index in [0.717, 1.165) is 24.0 Å². The zero-order valence-corrected chi connectivity index (χ0v) is 14.4. The molecule has 1 aliphatic rings. The molecule has 0 radical (unpaired) electrons. The summed E-state index contributed by atoms with van der Waals surface area (Å²) >= 11 is 0. The Hall–Kier alpha value is -2.69. The maximum atomic E-state index is 13.1. The molecular weight excluding hydrogens is 319 g/mol. The molecule has 0 bridgehead atoms. The van der Waals surface area contributed by atoms with E-state index in [2.05, 4.69) is 5.32 Å². The van der Waals surface area contributed by atoms with Gasteiger partial charge in [0.1, 0.15) is 5.82 Å². The van der Waals surface area contributed by atoms with Gasteiger partial charge in [-0.3, -0.25) is 9.59 Å². The highest BCUT2D eigenvalue weighted by Gasteiger charge is 2.52. The van der Waals surface area contributed by atoms with Gasteiger partial charge in [-0.1, -0.05) is 29.8 Å². The molecule has 0 spiro atoms. The summed E-state index contributed by atoms with van der Waals surface area (Å²) in [6.07, 6.45) is 1.45. The van der Waals surface area contributed by atoms with Crippen molar-refractivity contribution in [3.05, 3.63) is 65.5 Å². The number of nitrogens with zero attached hydrogens (tertiary/aromatic N) is 1. The smallest absolute Gasteiger partial charge is 0.243 e. The molecule has 5 heteroatoms. The van der Waals surface area contributed by atoms with E-state index in [-0.39, 0.29) is 24.2 Å². The number of nitrogens with one attached hydrogen (secondary N) is 1. The van der Waals surface area contributed by atoms with Crippen LogP contribution in [0.5, 0.6) is 0 Å². The Bertz CT molecular complexity index is 780. The molecule has 25 heavy (non-hydrogen) atoms. The fraction of sp³-hybridized carbons (Fsp3) is 0.300. The van der Waals surface area contributed by atoms with E-state index in [0.29, 0.717) is 5.69 Å². The minimum Gasteiger partial charge on any atom is -0.336 e. The van der Waals surface area contributed by atoms with Gasteiger partial charge < -0.3 is 10.2 Å². The number of rotatable bonds is 5. The zero-order valence-electron chi connectivity index (χ0n) is 14.4. The minimum absolute atomic E-state index is 0.0182. The van der Waals surface area contributed by atoms with Crippen LogP contribution in [0.3, 0.4) is 0 Å². The average Bonchev–Trinajstić information content (AvgIpc) is 3.38. The van der Waals surface area contributed by atoms with E-state index < -0.39 is 5.41 Å². The second kappa shape index (κ2) is 6.67. The molecule has 0 aliphatic heterocycles. The van der Waals surface area contributed by atoms with Gasteiger partial charge in [-0.05, 0) is 49.6 Å². The second-order valence-corrected chi connectivity index (χ2v) is 6.66. The third-order valence-electron chi connectivity index (χ3n) is 4.62. The summed E-state index contributed by atoms with van der Waals surface area (Å²) in [6, 6.07) is 13.5. The predicted octanol–water partition coefficient (Wildman–Crippen LogP) is 3.26. The molecule has 0 saturated heterocycles. The van der Waals surface area contributed by atoms with E-state index in [1.54, 1.807) is 19.2 Å². The molecule has 130 valence electrons. The van der Waals surface area contributed by atoms with Gasteiger partial charge in [-0.2, -0.15) is 0 Å². The SMILES string of the molecule is Cc1ccc(NC(=O)CN(C)C(=O)C2(c3ccc(F)cc3)CC2)cc1. The highest BCUT2D eigenvalue weighted by molar-refractivity contribution is 5.97. The summed E-state index contributed by atoms with van der Waals surface area (Å²) in [5, 5.41) is 2.79. The van der Waals surface area contributed by atoms with Crippen LogP contribution >= 0.6 is 0 Å². The van der Waals surface area contributed by atoms with Crippen LogP contribution in [-0.2, 0) is 15.0 Å². The third-order valence-corrected chi connectivity index (χ3v) is 4.62. The zero-order chi connectivity index (χ0) is 18.0. The average molecular weight is 340 g/mol. The largest absolute Gasteiger partial charge is 0.336 e. The Morgan fingerprint density at radius 2 is 1.68 bits per heavy atom. The topological polar surface area (TPSA) is 49.4 Å². The van der Waals surface area contributed by atoms with Gasteiger partial charge in [0.05, 0.1) is 12.0 Å². The van der Waals surface area contributed by atoms with Crippen LogP contribution < -0.4 is 5.32 Å². The molecule has 2 amide bonds. The minimum atomic E-state index is -0.605. The Kier molecular flexibility index (Phi) is 4.57. The highest BCUT2D eigenvalue weighted by Crippen LogP contribution is 2.49. The number of carbonyl (C=O) groups excluding carboxylic acids is 2. The van der Waals surface area contributed by atoms with Gasteiger partial charge >= 0.3 is 0 Å². The summed E-state index contributed by atoms with van der Waals surface area (Å²) in [5.41, 5.74) is 2.02. The van der Waals surface area contributed by atoms with Crippen molar-refractivity contribution in [1.29, 1.82) is 0 Å². The van der Waals surface area contributed by atoms with Gasteiger partial charge in [0, 0.05) is 12.7 Å². The Morgan fingerprint density at radius 3 is 2.24 bits per heavy atom. The van der Waals surface area contributed by atoms with Crippen molar-refractivity contribution in [2.24, 2.45) is 0 Å². The molecule has 3 rings (SSSR count). The molecule has 4 nitrogen and oxygen atoms in total. The molecular formula is C20H21FN2O2. The maximum Gasteiger partial charge on any atom is 0.243 e. The molecule has 1 N–H and O–H groups in total. The van der Waals surface area contributed by atoms with E-state index in [1.165, 1.54) is 17.0 Å². The van der Waals surface area contributed by atoms with Crippen molar-refractivity contribution < 1.29 is 14.0 Å². The van der Waals surface area contributed by atoms with Crippen LogP contribution in [0.25, 0.3) is 0 Å². The standard InChI is InChI=1S/C20H21FN2O2/c1-14-3-9-17(10-4-14)22-18(24)13-23(2)19(25)20(11-12-20)15-5-7-16(21)8-6-15/h3-10H,11-13H2,1-2H3,(H,22,24). The molecule has 1 saturated carbocycles. The Labute approximate surface area is 146 Å². The predicted molar refractivity (Wildman–Crippen MR) is 94.8 cm³/mol. The van der Waals surface area contributed by atoms with Crippen LogP contribution in [-0.4, -0.2) is 30.3 Å². The lowest BCUT2D eigenvalue weighted by Gasteiger charge is -2.23. The molecule has 0 unspecified atom stereocenters. The first-order chi connectivity index (χ1) is 11.9. The van der Waals surface area contributed by atoms with Crippen LogP contribution in [0.2, 0.25) is 0 Å². The number of halogens is 1. The fourth-order valence-corrected chi connectivity index (χ4v) is 3.01. The first-order valence-corrected chi connectivity index (χ1v) is 8.29. The summed E-state index contributed by atoms with van der Waals surface area (Å²) in [7, 11) is 1.63.